The summed E-state index contributed by atoms with van der Waals surface area (Å²) in [5, 5.41) is 10.4. The molecular weight excluding hydrogens is 337 g/mol. The summed E-state index contributed by atoms with van der Waals surface area (Å²) in [6.07, 6.45) is 3.50. The fourth-order valence-electron chi connectivity index (χ4n) is 2.61. The molecule has 3 heterocycles. The molecule has 128 valence electrons. The van der Waals surface area contributed by atoms with Gasteiger partial charge in [0.1, 0.15) is 29.2 Å². The third kappa shape index (κ3) is 2.48. The Bertz CT molecular complexity index is 1210. The third-order valence-corrected chi connectivity index (χ3v) is 4.08. The van der Waals surface area contributed by atoms with Gasteiger partial charge in [-0.1, -0.05) is 5.92 Å². The summed E-state index contributed by atoms with van der Waals surface area (Å²) in [7, 11) is 0. The number of hydrogen-bond donors (Lipinski definition) is 3. The van der Waals surface area contributed by atoms with Crippen LogP contribution in [0.4, 0.5) is 16.2 Å². The normalized spacial score (nSPS) is 13.7. The summed E-state index contributed by atoms with van der Waals surface area (Å²) in [4.78, 5) is 12.3. The third-order valence-electron chi connectivity index (χ3n) is 4.08. The lowest BCUT2D eigenvalue weighted by Gasteiger charge is -1.94. The molecule has 5 rings (SSSR count). The minimum absolute atomic E-state index is 0.196. The average molecular weight is 349 g/mol. The number of anilines is 2. The maximum absolute atomic E-state index is 14.3. The van der Waals surface area contributed by atoms with Crippen LogP contribution in [0.1, 0.15) is 24.1 Å². The standard InChI is InChI=1S/C17H12FN7O/c18-10-6-13-12(23-17(26-13)22-9-2-3-9)5-8(10)1-4-11-14-15(19)20-7-21-16(14)25-24-11/h5-7,9H,2-3H2,(H,22,23)(H3,19,20,21,24,25). The molecule has 1 aliphatic carbocycles. The summed E-state index contributed by atoms with van der Waals surface area (Å²) in [5.41, 5.74) is 7.78. The van der Waals surface area contributed by atoms with E-state index in [9.17, 15) is 4.39 Å². The number of halogens is 1. The Balaban J connectivity index is 1.54. The molecule has 0 bridgehead atoms. The highest BCUT2D eigenvalue weighted by molar-refractivity contribution is 5.90. The lowest BCUT2D eigenvalue weighted by molar-refractivity contribution is 0.598. The van der Waals surface area contributed by atoms with E-state index in [0.717, 1.165) is 12.8 Å². The predicted octanol–water partition coefficient (Wildman–Crippen LogP) is 2.19. The molecule has 1 saturated carbocycles. The van der Waals surface area contributed by atoms with Gasteiger partial charge in [-0.3, -0.25) is 5.10 Å². The topological polar surface area (TPSA) is 119 Å². The van der Waals surface area contributed by atoms with Crippen LogP contribution >= 0.6 is 0 Å². The van der Waals surface area contributed by atoms with Crippen molar-refractivity contribution in [2.75, 3.05) is 11.1 Å². The molecule has 1 fully saturated rings. The number of benzene rings is 1. The largest absolute Gasteiger partial charge is 0.423 e. The summed E-state index contributed by atoms with van der Waals surface area (Å²) in [6.45, 7) is 0. The van der Waals surface area contributed by atoms with Gasteiger partial charge < -0.3 is 15.5 Å². The van der Waals surface area contributed by atoms with Crippen molar-refractivity contribution in [3.63, 3.8) is 0 Å². The SMILES string of the molecule is Nc1ncnc2n[nH]c(C#Cc3cc4nc(NC5CC5)oc4cc3F)c12. The second kappa shape index (κ2) is 5.42. The smallest absolute Gasteiger partial charge is 0.295 e. The van der Waals surface area contributed by atoms with Crippen molar-refractivity contribution in [3.05, 3.63) is 35.5 Å². The average Bonchev–Trinajstić information content (AvgIpc) is 3.19. The molecule has 8 nitrogen and oxygen atoms in total. The van der Waals surface area contributed by atoms with Gasteiger partial charge in [0.2, 0.25) is 0 Å². The molecular formula is C17H12FN7O. The van der Waals surface area contributed by atoms with Crippen LogP contribution in [0.5, 0.6) is 0 Å². The number of aromatic nitrogens is 5. The molecule has 9 heteroatoms. The molecule has 1 aromatic carbocycles. The lowest BCUT2D eigenvalue weighted by Crippen LogP contribution is -2.00. The maximum atomic E-state index is 14.3. The van der Waals surface area contributed by atoms with Crippen LogP contribution in [0.15, 0.2) is 22.9 Å². The summed E-state index contributed by atoms with van der Waals surface area (Å²) >= 11 is 0. The Hall–Kier alpha value is -3.67. The number of hydrogen-bond acceptors (Lipinski definition) is 7. The minimum Gasteiger partial charge on any atom is -0.423 e. The van der Waals surface area contributed by atoms with Gasteiger partial charge in [0.25, 0.3) is 6.01 Å². The highest BCUT2D eigenvalue weighted by Crippen LogP contribution is 2.27. The van der Waals surface area contributed by atoms with E-state index in [-0.39, 0.29) is 11.4 Å². The quantitative estimate of drug-likeness (QED) is 0.475. The molecule has 0 unspecified atom stereocenters. The molecule has 26 heavy (non-hydrogen) atoms. The zero-order valence-corrected chi connectivity index (χ0v) is 13.4. The Morgan fingerprint density at radius 1 is 1.27 bits per heavy atom. The monoisotopic (exact) mass is 349 g/mol. The molecule has 0 spiro atoms. The van der Waals surface area contributed by atoms with Gasteiger partial charge in [-0.15, -0.1) is 0 Å². The van der Waals surface area contributed by atoms with E-state index < -0.39 is 5.82 Å². The Morgan fingerprint density at radius 2 is 2.15 bits per heavy atom. The molecule has 0 atom stereocenters. The van der Waals surface area contributed by atoms with Crippen LogP contribution in [0.2, 0.25) is 0 Å². The Kier molecular flexibility index (Phi) is 3.05. The fourth-order valence-corrected chi connectivity index (χ4v) is 2.61. The molecule has 3 aromatic heterocycles. The second-order valence-electron chi connectivity index (χ2n) is 6.04. The number of aromatic amines is 1. The van der Waals surface area contributed by atoms with E-state index in [1.165, 1.54) is 12.4 Å². The van der Waals surface area contributed by atoms with E-state index in [1.807, 2.05) is 0 Å². The number of fused-ring (bicyclic) bond motifs is 2. The minimum atomic E-state index is -0.493. The summed E-state index contributed by atoms with van der Waals surface area (Å²) in [5.74, 6) is 5.38. The number of nitrogens with one attached hydrogen (secondary N) is 2. The first-order chi connectivity index (χ1) is 12.7. The molecule has 4 N–H and O–H groups in total. The van der Waals surface area contributed by atoms with Crippen molar-refractivity contribution < 1.29 is 8.81 Å². The Labute approximate surface area is 146 Å². The molecule has 4 aromatic rings. The van der Waals surface area contributed by atoms with Gasteiger partial charge in [0, 0.05) is 12.1 Å². The number of nitrogens with zero attached hydrogens (tertiary/aromatic N) is 4. The number of oxazole rings is 1. The van der Waals surface area contributed by atoms with E-state index in [2.05, 4.69) is 42.3 Å². The van der Waals surface area contributed by atoms with E-state index in [1.54, 1.807) is 6.07 Å². The first-order valence-electron chi connectivity index (χ1n) is 8.00. The second-order valence-corrected chi connectivity index (χ2v) is 6.04. The highest BCUT2D eigenvalue weighted by atomic mass is 19.1. The van der Waals surface area contributed by atoms with E-state index in [4.69, 9.17) is 10.2 Å². The first kappa shape index (κ1) is 14.7. The Morgan fingerprint density at radius 3 is 3.00 bits per heavy atom. The van der Waals surface area contributed by atoms with Crippen LogP contribution in [0, 0.1) is 17.7 Å². The van der Waals surface area contributed by atoms with Crippen molar-refractivity contribution in [1.82, 2.24) is 25.1 Å². The first-order valence-corrected chi connectivity index (χ1v) is 8.00. The molecule has 0 radical (unpaired) electrons. The van der Waals surface area contributed by atoms with Crippen molar-refractivity contribution in [3.8, 4) is 11.8 Å². The van der Waals surface area contributed by atoms with Gasteiger partial charge >= 0.3 is 0 Å². The van der Waals surface area contributed by atoms with Crippen LogP contribution in [0.25, 0.3) is 22.1 Å². The van der Waals surface area contributed by atoms with Gasteiger partial charge in [0.05, 0.1) is 10.9 Å². The predicted molar refractivity (Wildman–Crippen MR) is 92.7 cm³/mol. The molecule has 0 saturated heterocycles. The van der Waals surface area contributed by atoms with Crippen LogP contribution in [0.3, 0.4) is 0 Å². The number of nitrogen functional groups attached to an aromatic ring is 1. The van der Waals surface area contributed by atoms with Crippen molar-refractivity contribution >= 4 is 34.0 Å². The van der Waals surface area contributed by atoms with Crippen molar-refractivity contribution in [1.29, 1.82) is 0 Å². The van der Waals surface area contributed by atoms with Crippen LogP contribution < -0.4 is 11.1 Å². The van der Waals surface area contributed by atoms with Crippen molar-refractivity contribution in [2.24, 2.45) is 0 Å². The maximum Gasteiger partial charge on any atom is 0.295 e. The molecule has 0 amide bonds. The van der Waals surface area contributed by atoms with Gasteiger partial charge in [0.15, 0.2) is 11.2 Å². The zero-order valence-electron chi connectivity index (χ0n) is 13.4. The highest BCUT2D eigenvalue weighted by Gasteiger charge is 2.23. The number of nitrogens with two attached hydrogens (primary N) is 1. The molecule has 0 aliphatic heterocycles. The zero-order chi connectivity index (χ0) is 17.7. The number of H-pyrrole nitrogens is 1. The summed E-state index contributed by atoms with van der Waals surface area (Å²) < 4.78 is 19.9. The lowest BCUT2D eigenvalue weighted by atomic mass is 10.2. The van der Waals surface area contributed by atoms with E-state index >= 15 is 0 Å². The van der Waals surface area contributed by atoms with Crippen LogP contribution in [-0.4, -0.2) is 31.2 Å². The molecule has 1 aliphatic rings. The van der Waals surface area contributed by atoms with Crippen molar-refractivity contribution in [2.45, 2.75) is 18.9 Å². The van der Waals surface area contributed by atoms with Gasteiger partial charge in [-0.25, -0.2) is 14.4 Å². The van der Waals surface area contributed by atoms with Gasteiger partial charge in [-0.2, -0.15) is 10.1 Å². The van der Waals surface area contributed by atoms with E-state index in [0.29, 0.717) is 39.9 Å². The van der Waals surface area contributed by atoms with Crippen LogP contribution in [-0.2, 0) is 0 Å². The summed E-state index contributed by atoms with van der Waals surface area (Å²) in [6, 6.07) is 3.63. The number of rotatable bonds is 2. The van der Waals surface area contributed by atoms with Gasteiger partial charge in [-0.05, 0) is 24.8 Å². The fraction of sp³-hybridized carbons (Fsp3) is 0.176.